The van der Waals surface area contributed by atoms with E-state index < -0.39 is 5.97 Å². The highest BCUT2D eigenvalue weighted by atomic mass is 35.5. The third kappa shape index (κ3) is 7.39. The van der Waals surface area contributed by atoms with Crippen LogP contribution >= 0.6 is 23.2 Å². The van der Waals surface area contributed by atoms with Crippen molar-refractivity contribution in [1.82, 2.24) is 20.3 Å². The predicted molar refractivity (Wildman–Crippen MR) is 186 cm³/mol. The molecule has 47 heavy (non-hydrogen) atoms. The summed E-state index contributed by atoms with van der Waals surface area (Å²) in [5.74, 6) is 6.21. The number of nitrogens with zero attached hydrogens (tertiary/aromatic N) is 3. The van der Waals surface area contributed by atoms with E-state index in [4.69, 9.17) is 28.3 Å². The molecule has 1 saturated heterocycles. The molecule has 0 unspecified atom stereocenters. The van der Waals surface area contributed by atoms with E-state index in [0.29, 0.717) is 16.1 Å². The first-order chi connectivity index (χ1) is 22.9. The number of halogens is 2. The molecule has 4 aromatic carbocycles. The van der Waals surface area contributed by atoms with E-state index in [2.05, 4.69) is 37.0 Å². The van der Waals surface area contributed by atoms with E-state index in [0.717, 1.165) is 64.7 Å². The number of H-pyrrole nitrogens is 1. The van der Waals surface area contributed by atoms with Crippen LogP contribution in [0.2, 0.25) is 10.0 Å². The zero-order chi connectivity index (χ0) is 32.8. The third-order valence-corrected chi connectivity index (χ3v) is 8.70. The molecule has 1 fully saturated rings. The lowest BCUT2D eigenvalue weighted by Crippen LogP contribution is -2.45. The molecular weight excluding hydrogens is 633 g/mol. The van der Waals surface area contributed by atoms with Gasteiger partial charge < -0.3 is 20.3 Å². The van der Waals surface area contributed by atoms with E-state index in [-0.39, 0.29) is 17.0 Å². The van der Waals surface area contributed by atoms with E-state index in [1.54, 1.807) is 30.6 Å². The highest BCUT2D eigenvalue weighted by Crippen LogP contribution is 2.28. The molecule has 0 radical (unpaired) electrons. The molecule has 1 aliphatic rings. The minimum Gasteiger partial charge on any atom is -0.478 e. The molecule has 3 heterocycles. The fraction of sp³-hybridized carbons (Fsp3) is 0.135. The van der Waals surface area contributed by atoms with Crippen LogP contribution in [0.1, 0.15) is 44.7 Å². The van der Waals surface area contributed by atoms with Crippen molar-refractivity contribution >= 4 is 62.7 Å². The summed E-state index contributed by atoms with van der Waals surface area (Å²) in [6, 6.07) is 28.4. The van der Waals surface area contributed by atoms with Gasteiger partial charge in [0.1, 0.15) is 12.1 Å². The Balaban J connectivity index is 0.000000269. The second kappa shape index (κ2) is 14.4. The van der Waals surface area contributed by atoms with Crippen molar-refractivity contribution in [2.45, 2.75) is 18.9 Å². The molecule has 234 valence electrons. The monoisotopic (exact) mass is 661 g/mol. The van der Waals surface area contributed by atoms with E-state index >= 15 is 0 Å². The summed E-state index contributed by atoms with van der Waals surface area (Å²) in [5.41, 5.74) is 4.33. The van der Waals surface area contributed by atoms with E-state index in [1.807, 2.05) is 66.7 Å². The summed E-state index contributed by atoms with van der Waals surface area (Å²) >= 11 is 12.3. The molecule has 3 N–H and O–H groups in total. The molecule has 2 aromatic heterocycles. The van der Waals surface area contributed by atoms with Crippen molar-refractivity contribution in [2.75, 3.05) is 18.0 Å². The van der Waals surface area contributed by atoms with Crippen molar-refractivity contribution in [1.29, 1.82) is 0 Å². The Hall–Kier alpha value is -5.36. The number of aromatic amines is 1. The Morgan fingerprint density at radius 3 is 2.36 bits per heavy atom. The quantitative estimate of drug-likeness (QED) is 0.168. The number of piperidine rings is 1. The standard InChI is InChI=1S/C28H22Cl2N4O.C9H7NO2/c29-24-8-4-7-23(26(24)30)28(35)33-21-13-15-34(16-14-21)27-22-12-11-20(17-25(22)31-18-32-27)10-9-19-5-2-1-3-6-19;11-9(12)7-5-10-8-4-2-1-3-6(7)8/h1-8,11-12,17-18,21H,13-16H2,(H,33,35);1-5,10H,(H,11,12). The number of hydrogen-bond donors (Lipinski definition) is 3. The first kappa shape index (κ1) is 31.6. The van der Waals surface area contributed by atoms with Gasteiger partial charge in [0.15, 0.2) is 0 Å². The fourth-order valence-electron chi connectivity index (χ4n) is 5.46. The van der Waals surface area contributed by atoms with Crippen LogP contribution in [0.5, 0.6) is 0 Å². The van der Waals surface area contributed by atoms with Crippen LogP contribution in [-0.4, -0.2) is 51.1 Å². The summed E-state index contributed by atoms with van der Waals surface area (Å²) in [6.07, 6.45) is 4.71. The number of aromatic nitrogens is 3. The van der Waals surface area contributed by atoms with Gasteiger partial charge in [-0.05, 0) is 61.4 Å². The van der Waals surface area contributed by atoms with Gasteiger partial charge in [0.2, 0.25) is 0 Å². The number of para-hydroxylation sites is 1. The summed E-state index contributed by atoms with van der Waals surface area (Å²) in [4.78, 5) is 37.5. The Kier molecular flexibility index (Phi) is 9.67. The second-order valence-electron chi connectivity index (χ2n) is 10.9. The molecule has 0 atom stereocenters. The maximum absolute atomic E-state index is 12.7. The Labute approximate surface area is 281 Å². The number of carbonyl (C=O) groups excluding carboxylic acids is 1. The van der Waals surface area contributed by atoms with Crippen LogP contribution in [-0.2, 0) is 0 Å². The Bertz CT molecular complexity index is 2130. The lowest BCUT2D eigenvalue weighted by atomic mass is 10.0. The minimum atomic E-state index is -0.896. The molecule has 0 bridgehead atoms. The number of carboxylic acid groups (broad SMARTS) is 1. The number of benzene rings is 4. The third-order valence-electron chi connectivity index (χ3n) is 7.89. The van der Waals surface area contributed by atoms with Crippen LogP contribution in [0, 0.1) is 11.8 Å². The zero-order valence-corrected chi connectivity index (χ0v) is 26.6. The van der Waals surface area contributed by atoms with Gasteiger partial charge in [0.05, 0.1) is 26.7 Å². The van der Waals surface area contributed by atoms with Gasteiger partial charge in [0.25, 0.3) is 5.91 Å². The van der Waals surface area contributed by atoms with Gasteiger partial charge in [0, 0.05) is 52.7 Å². The van der Waals surface area contributed by atoms with Gasteiger partial charge >= 0.3 is 5.97 Å². The van der Waals surface area contributed by atoms with E-state index in [1.165, 1.54) is 6.20 Å². The van der Waals surface area contributed by atoms with Gasteiger partial charge in [-0.25, -0.2) is 14.8 Å². The van der Waals surface area contributed by atoms with Crippen LogP contribution in [0.3, 0.4) is 0 Å². The van der Waals surface area contributed by atoms with Crippen LogP contribution in [0.4, 0.5) is 5.82 Å². The van der Waals surface area contributed by atoms with Crippen molar-refractivity contribution in [3.05, 3.63) is 136 Å². The summed E-state index contributed by atoms with van der Waals surface area (Å²) in [6.45, 7) is 1.55. The molecule has 1 aliphatic heterocycles. The summed E-state index contributed by atoms with van der Waals surface area (Å²) in [7, 11) is 0. The van der Waals surface area contributed by atoms with Crippen LogP contribution < -0.4 is 10.2 Å². The molecule has 0 saturated carbocycles. The second-order valence-corrected chi connectivity index (χ2v) is 11.7. The normalized spacial score (nSPS) is 12.9. The topological polar surface area (TPSA) is 111 Å². The summed E-state index contributed by atoms with van der Waals surface area (Å²) in [5, 5.41) is 14.2. The lowest BCUT2D eigenvalue weighted by Gasteiger charge is -2.33. The number of hydrogen-bond acceptors (Lipinski definition) is 5. The van der Waals surface area contributed by atoms with Gasteiger partial charge in [-0.15, -0.1) is 0 Å². The maximum atomic E-state index is 12.7. The van der Waals surface area contributed by atoms with Gasteiger partial charge in [-0.1, -0.05) is 77.5 Å². The Morgan fingerprint density at radius 2 is 1.57 bits per heavy atom. The summed E-state index contributed by atoms with van der Waals surface area (Å²) < 4.78 is 0. The molecular formula is C37H29Cl2N5O3. The zero-order valence-electron chi connectivity index (χ0n) is 25.1. The van der Waals surface area contributed by atoms with Crippen LogP contribution in [0.25, 0.3) is 21.8 Å². The predicted octanol–water partition coefficient (Wildman–Crippen LogP) is 7.60. The van der Waals surface area contributed by atoms with Gasteiger partial charge in [-0.3, -0.25) is 4.79 Å². The smallest absolute Gasteiger partial charge is 0.337 e. The number of rotatable bonds is 4. The lowest BCUT2D eigenvalue weighted by molar-refractivity contribution is 0.0698. The minimum absolute atomic E-state index is 0.0572. The fourth-order valence-corrected chi connectivity index (χ4v) is 5.85. The Morgan fingerprint density at radius 1 is 0.830 bits per heavy atom. The first-order valence-electron chi connectivity index (χ1n) is 15.0. The average molecular weight is 663 g/mol. The number of fused-ring (bicyclic) bond motifs is 2. The maximum Gasteiger partial charge on any atom is 0.337 e. The molecule has 0 aliphatic carbocycles. The number of amides is 1. The average Bonchev–Trinajstić information content (AvgIpc) is 3.54. The first-order valence-corrected chi connectivity index (χ1v) is 15.7. The number of aromatic carboxylic acids is 1. The van der Waals surface area contributed by atoms with E-state index in [9.17, 15) is 9.59 Å². The molecule has 8 nitrogen and oxygen atoms in total. The van der Waals surface area contributed by atoms with Crippen molar-refractivity contribution < 1.29 is 14.7 Å². The SMILES string of the molecule is O=C(NC1CCN(c2ncnc3cc(C#Cc4ccccc4)ccc23)CC1)c1cccc(Cl)c1Cl.O=C(O)c1c[nH]c2ccccc12. The number of nitrogens with one attached hydrogen (secondary N) is 2. The number of anilines is 1. The highest BCUT2D eigenvalue weighted by molar-refractivity contribution is 6.43. The number of carboxylic acids is 1. The molecule has 0 spiro atoms. The highest BCUT2D eigenvalue weighted by Gasteiger charge is 2.24. The molecule has 7 rings (SSSR count). The largest absolute Gasteiger partial charge is 0.478 e. The molecule has 10 heteroatoms. The van der Waals surface area contributed by atoms with Gasteiger partial charge in [-0.2, -0.15) is 0 Å². The van der Waals surface area contributed by atoms with Crippen molar-refractivity contribution in [3.63, 3.8) is 0 Å². The molecule has 1 amide bonds. The van der Waals surface area contributed by atoms with Crippen LogP contribution in [0.15, 0.2) is 104 Å². The van der Waals surface area contributed by atoms with Crippen molar-refractivity contribution in [2.24, 2.45) is 0 Å². The molecule has 6 aromatic rings. The number of carbonyl (C=O) groups is 2. The van der Waals surface area contributed by atoms with Crippen molar-refractivity contribution in [3.8, 4) is 11.8 Å².